The Hall–Kier alpha value is -2.68. The number of carbonyl (C=O) groups is 1. The Labute approximate surface area is 141 Å². The lowest BCUT2D eigenvalue weighted by Crippen LogP contribution is -1.96. The van der Waals surface area contributed by atoms with Gasteiger partial charge in [0.15, 0.2) is 6.29 Å². The van der Waals surface area contributed by atoms with Crippen LogP contribution in [0.15, 0.2) is 60.8 Å². The van der Waals surface area contributed by atoms with Crippen LogP contribution in [0.1, 0.15) is 15.9 Å². The number of hydrogen-bond donors (Lipinski definition) is 0. The third-order valence-corrected chi connectivity index (χ3v) is 4.02. The van der Waals surface area contributed by atoms with Gasteiger partial charge < -0.3 is 0 Å². The zero-order valence-corrected chi connectivity index (χ0v) is 13.0. The molecule has 0 N–H and O–H groups in total. The van der Waals surface area contributed by atoms with Crippen LogP contribution >= 0.6 is 0 Å². The second-order valence-electron chi connectivity index (χ2n) is 5.59. The lowest BCUT2D eigenvalue weighted by atomic mass is 9.95. The molecule has 0 spiro atoms. The SMILES string of the molecule is O=Cc1cn(-c2ccccc2)nc1-c1cccc([C]2[CH][CH][CH][CH]2)c1. The number of carbonyl (C=O) groups excluding carboxylic acids is 1. The van der Waals surface area contributed by atoms with E-state index in [0.29, 0.717) is 11.3 Å². The lowest BCUT2D eigenvalue weighted by Gasteiger charge is -2.09. The maximum atomic E-state index is 11.5. The molecule has 0 bridgehead atoms. The molecule has 1 saturated carbocycles. The van der Waals surface area contributed by atoms with E-state index in [1.807, 2.05) is 55.3 Å². The van der Waals surface area contributed by atoms with Crippen LogP contribution in [-0.2, 0) is 0 Å². The van der Waals surface area contributed by atoms with Crippen LogP contribution in [0.4, 0.5) is 0 Å². The number of aromatic nitrogens is 2. The van der Waals surface area contributed by atoms with E-state index in [-0.39, 0.29) is 0 Å². The van der Waals surface area contributed by atoms with Gasteiger partial charge in [0.25, 0.3) is 0 Å². The molecule has 0 aliphatic heterocycles. The maximum absolute atomic E-state index is 11.5. The molecule has 1 aromatic heterocycles. The van der Waals surface area contributed by atoms with E-state index in [9.17, 15) is 4.79 Å². The van der Waals surface area contributed by atoms with Crippen LogP contribution in [0.3, 0.4) is 0 Å². The van der Waals surface area contributed by atoms with E-state index in [1.165, 1.54) is 0 Å². The van der Waals surface area contributed by atoms with Crippen LogP contribution in [0, 0.1) is 31.6 Å². The highest BCUT2D eigenvalue weighted by atomic mass is 16.1. The molecule has 0 saturated heterocycles. The monoisotopic (exact) mass is 311 g/mol. The van der Waals surface area contributed by atoms with Crippen LogP contribution in [-0.4, -0.2) is 16.1 Å². The molecule has 115 valence electrons. The molecule has 5 radical (unpaired) electrons. The zero-order chi connectivity index (χ0) is 16.4. The fraction of sp³-hybridized carbons (Fsp3) is 0. The topological polar surface area (TPSA) is 34.9 Å². The summed E-state index contributed by atoms with van der Waals surface area (Å²) in [7, 11) is 0. The van der Waals surface area contributed by atoms with E-state index < -0.39 is 0 Å². The molecule has 0 amide bonds. The Bertz CT molecular complexity index is 845. The minimum Gasteiger partial charge on any atom is -0.298 e. The number of nitrogens with zero attached hydrogens (tertiary/aromatic N) is 2. The number of hydrogen-bond acceptors (Lipinski definition) is 2. The first kappa shape index (κ1) is 14.9. The van der Waals surface area contributed by atoms with Gasteiger partial charge in [-0.1, -0.05) is 36.4 Å². The molecule has 1 fully saturated rings. The minimum atomic E-state index is 0.582. The lowest BCUT2D eigenvalue weighted by molar-refractivity contribution is 0.112. The summed E-state index contributed by atoms with van der Waals surface area (Å²) in [5, 5.41) is 4.63. The fourth-order valence-electron chi connectivity index (χ4n) is 2.82. The van der Waals surface area contributed by atoms with Crippen molar-refractivity contribution in [3.05, 3.63) is 104 Å². The zero-order valence-electron chi connectivity index (χ0n) is 13.0. The van der Waals surface area contributed by atoms with Crippen molar-refractivity contribution in [2.24, 2.45) is 0 Å². The quantitative estimate of drug-likeness (QED) is 0.680. The molecule has 0 atom stereocenters. The molecule has 3 nitrogen and oxygen atoms in total. The van der Waals surface area contributed by atoms with Crippen LogP contribution < -0.4 is 0 Å². The maximum Gasteiger partial charge on any atom is 0.153 e. The fourth-order valence-corrected chi connectivity index (χ4v) is 2.82. The molecular weight excluding hydrogens is 296 g/mol. The van der Waals surface area contributed by atoms with Gasteiger partial charge in [-0.15, -0.1) is 0 Å². The van der Waals surface area contributed by atoms with Crippen molar-refractivity contribution in [1.82, 2.24) is 9.78 Å². The van der Waals surface area contributed by atoms with Crippen molar-refractivity contribution in [1.29, 1.82) is 0 Å². The average molecular weight is 311 g/mol. The molecule has 4 rings (SSSR count). The predicted octanol–water partition coefficient (Wildman–Crippen LogP) is 4.11. The second kappa shape index (κ2) is 6.44. The summed E-state index contributed by atoms with van der Waals surface area (Å²) in [6, 6.07) is 17.9. The Morgan fingerprint density at radius 1 is 0.875 bits per heavy atom. The summed E-state index contributed by atoms with van der Waals surface area (Å²) in [6.45, 7) is 0. The minimum absolute atomic E-state index is 0.582. The molecule has 3 heteroatoms. The van der Waals surface area contributed by atoms with Gasteiger partial charge in [0.05, 0.1) is 11.3 Å². The third-order valence-electron chi connectivity index (χ3n) is 4.02. The Morgan fingerprint density at radius 2 is 1.62 bits per heavy atom. The van der Waals surface area contributed by atoms with Gasteiger partial charge in [-0.25, -0.2) is 4.68 Å². The second-order valence-corrected chi connectivity index (χ2v) is 5.59. The third kappa shape index (κ3) is 2.78. The van der Waals surface area contributed by atoms with Crippen molar-refractivity contribution in [3.63, 3.8) is 0 Å². The molecule has 1 aliphatic carbocycles. The Kier molecular flexibility index (Phi) is 3.99. The van der Waals surface area contributed by atoms with Gasteiger partial charge in [-0.2, -0.15) is 5.10 Å². The molecule has 3 aromatic rings. The highest BCUT2D eigenvalue weighted by molar-refractivity contribution is 5.86. The summed E-state index contributed by atoms with van der Waals surface area (Å²) >= 11 is 0. The van der Waals surface area contributed by atoms with Gasteiger partial charge in [-0.3, -0.25) is 4.79 Å². The van der Waals surface area contributed by atoms with E-state index in [2.05, 4.69) is 30.1 Å². The van der Waals surface area contributed by atoms with Crippen LogP contribution in [0.25, 0.3) is 16.9 Å². The van der Waals surface area contributed by atoms with E-state index in [0.717, 1.165) is 29.0 Å². The van der Waals surface area contributed by atoms with Crippen molar-refractivity contribution in [3.8, 4) is 16.9 Å². The standard InChI is InChI=1S/C21H15N2O/c24-15-19-14-23(20-11-2-1-3-12-20)22-21(19)18-10-6-9-17(13-18)16-7-4-5-8-16/h1-15H. The average Bonchev–Trinajstić information content (AvgIpc) is 3.32. The van der Waals surface area contributed by atoms with E-state index in [4.69, 9.17) is 0 Å². The number of rotatable bonds is 4. The smallest absolute Gasteiger partial charge is 0.153 e. The number of aldehydes is 1. The first-order valence-electron chi connectivity index (χ1n) is 7.78. The summed E-state index contributed by atoms with van der Waals surface area (Å²) < 4.78 is 1.74. The van der Waals surface area contributed by atoms with Gasteiger partial charge in [0, 0.05) is 17.7 Å². The summed E-state index contributed by atoms with van der Waals surface area (Å²) in [5.74, 6) is 1.16. The molecular formula is C21H15N2O. The Balaban J connectivity index is 1.75. The summed E-state index contributed by atoms with van der Waals surface area (Å²) in [4.78, 5) is 11.5. The highest BCUT2D eigenvalue weighted by Gasteiger charge is 2.20. The molecule has 24 heavy (non-hydrogen) atoms. The van der Waals surface area contributed by atoms with E-state index in [1.54, 1.807) is 10.9 Å². The van der Waals surface area contributed by atoms with Gasteiger partial charge in [0.1, 0.15) is 5.69 Å². The first-order valence-corrected chi connectivity index (χ1v) is 7.78. The predicted molar refractivity (Wildman–Crippen MR) is 93.9 cm³/mol. The normalized spacial score (nSPS) is 14.8. The van der Waals surface area contributed by atoms with Crippen LogP contribution in [0.5, 0.6) is 0 Å². The molecule has 0 unspecified atom stereocenters. The van der Waals surface area contributed by atoms with Crippen molar-refractivity contribution in [2.75, 3.05) is 0 Å². The van der Waals surface area contributed by atoms with Gasteiger partial charge in [-0.05, 0) is 49.4 Å². The van der Waals surface area contributed by atoms with Gasteiger partial charge >= 0.3 is 0 Å². The van der Waals surface area contributed by atoms with Crippen molar-refractivity contribution in [2.45, 2.75) is 0 Å². The number of benzene rings is 2. The molecule has 1 heterocycles. The Morgan fingerprint density at radius 3 is 2.38 bits per heavy atom. The van der Waals surface area contributed by atoms with Crippen molar-refractivity contribution < 1.29 is 4.79 Å². The number of para-hydroxylation sites is 1. The largest absolute Gasteiger partial charge is 0.298 e. The van der Waals surface area contributed by atoms with Crippen LogP contribution in [0.2, 0.25) is 0 Å². The molecule has 1 aliphatic rings. The van der Waals surface area contributed by atoms with E-state index >= 15 is 0 Å². The van der Waals surface area contributed by atoms with Gasteiger partial charge in [0.2, 0.25) is 0 Å². The first-order chi connectivity index (χ1) is 11.8. The summed E-state index contributed by atoms with van der Waals surface area (Å²) in [5.41, 5.74) is 4.26. The highest BCUT2D eigenvalue weighted by Crippen LogP contribution is 2.32. The van der Waals surface area contributed by atoms with Crippen molar-refractivity contribution >= 4 is 6.29 Å². The summed E-state index contributed by atoms with van der Waals surface area (Å²) in [6.07, 6.45) is 10.8. The molecule has 2 aromatic carbocycles.